The van der Waals surface area contributed by atoms with E-state index >= 15 is 0 Å². The number of carbonyl (C=O) groups is 3. The highest BCUT2D eigenvalue weighted by Crippen LogP contribution is 2.33. The molecule has 0 spiro atoms. The van der Waals surface area contributed by atoms with Crippen molar-refractivity contribution in [1.29, 1.82) is 0 Å². The van der Waals surface area contributed by atoms with E-state index in [2.05, 4.69) is 10.3 Å². The average Bonchev–Trinajstić information content (AvgIpc) is 3.35. The van der Waals surface area contributed by atoms with E-state index in [0.717, 1.165) is 10.9 Å². The Labute approximate surface area is 169 Å². The summed E-state index contributed by atoms with van der Waals surface area (Å²) in [6.07, 6.45) is 1.57. The smallest absolute Gasteiger partial charge is 0.252 e. The minimum Gasteiger partial charge on any atom is -0.367 e. The SMILES string of the molecule is C[C@H]1CN(C(=O)[C@@H](NC(=O)c2ccc3cc[nH]c3c2)C(C)(C)C)[C@@H]2C(=O)CO[C@@H]21. The van der Waals surface area contributed by atoms with Gasteiger partial charge < -0.3 is 19.9 Å². The second-order valence-corrected chi connectivity index (χ2v) is 9.21. The molecule has 2 aliphatic heterocycles. The Morgan fingerprint density at radius 2 is 2.03 bits per heavy atom. The number of rotatable bonds is 3. The first kappa shape index (κ1) is 19.6. The predicted molar refractivity (Wildman–Crippen MR) is 108 cm³/mol. The number of hydrogen-bond donors (Lipinski definition) is 2. The fourth-order valence-corrected chi connectivity index (χ4v) is 4.34. The van der Waals surface area contributed by atoms with Gasteiger partial charge in [-0.1, -0.05) is 33.8 Å². The van der Waals surface area contributed by atoms with Crippen LogP contribution in [0.2, 0.25) is 0 Å². The molecule has 4 rings (SSSR count). The zero-order valence-electron chi connectivity index (χ0n) is 17.2. The Morgan fingerprint density at radius 1 is 1.28 bits per heavy atom. The molecule has 1 aromatic carbocycles. The highest BCUT2D eigenvalue weighted by Gasteiger charge is 2.52. The van der Waals surface area contributed by atoms with Gasteiger partial charge in [0.1, 0.15) is 18.7 Å². The maximum Gasteiger partial charge on any atom is 0.252 e. The molecule has 2 amide bonds. The molecule has 3 heterocycles. The van der Waals surface area contributed by atoms with Crippen LogP contribution < -0.4 is 5.32 Å². The van der Waals surface area contributed by atoms with Crippen LogP contribution in [0.3, 0.4) is 0 Å². The largest absolute Gasteiger partial charge is 0.367 e. The van der Waals surface area contributed by atoms with Crippen LogP contribution in [0.15, 0.2) is 30.5 Å². The second kappa shape index (κ2) is 6.99. The molecule has 2 saturated heterocycles. The van der Waals surface area contributed by atoms with Gasteiger partial charge in [-0.3, -0.25) is 14.4 Å². The average molecular weight is 397 g/mol. The third kappa shape index (κ3) is 3.44. The number of benzene rings is 1. The van der Waals surface area contributed by atoms with Gasteiger partial charge in [-0.2, -0.15) is 0 Å². The highest BCUT2D eigenvalue weighted by atomic mass is 16.5. The van der Waals surface area contributed by atoms with Crippen LogP contribution in [0, 0.1) is 11.3 Å². The topological polar surface area (TPSA) is 91.5 Å². The van der Waals surface area contributed by atoms with Crippen molar-refractivity contribution in [3.8, 4) is 0 Å². The van der Waals surface area contributed by atoms with Crippen LogP contribution >= 0.6 is 0 Å². The maximum atomic E-state index is 13.5. The summed E-state index contributed by atoms with van der Waals surface area (Å²) in [6.45, 7) is 8.22. The lowest BCUT2D eigenvalue weighted by molar-refractivity contribution is -0.140. The van der Waals surface area contributed by atoms with Crippen molar-refractivity contribution in [3.63, 3.8) is 0 Å². The van der Waals surface area contributed by atoms with Gasteiger partial charge in [0.25, 0.3) is 5.91 Å². The Bertz CT molecular complexity index is 974. The van der Waals surface area contributed by atoms with E-state index in [1.54, 1.807) is 17.0 Å². The number of amides is 2. The molecule has 2 aromatic rings. The highest BCUT2D eigenvalue weighted by molar-refractivity contribution is 6.01. The number of aromatic nitrogens is 1. The van der Waals surface area contributed by atoms with E-state index in [9.17, 15) is 14.4 Å². The van der Waals surface area contributed by atoms with E-state index in [4.69, 9.17) is 4.74 Å². The summed E-state index contributed by atoms with van der Waals surface area (Å²) in [5.74, 6) is -0.525. The van der Waals surface area contributed by atoms with Crippen LogP contribution in [-0.4, -0.2) is 58.8 Å². The number of carbonyl (C=O) groups excluding carboxylic acids is 3. The number of aromatic amines is 1. The predicted octanol–water partition coefficient (Wildman–Crippen LogP) is 2.13. The number of hydrogen-bond acceptors (Lipinski definition) is 4. The number of ketones is 1. The fourth-order valence-electron chi connectivity index (χ4n) is 4.34. The van der Waals surface area contributed by atoms with Crippen LogP contribution in [-0.2, 0) is 14.3 Å². The third-order valence-electron chi connectivity index (χ3n) is 5.93. The quantitative estimate of drug-likeness (QED) is 0.830. The van der Waals surface area contributed by atoms with E-state index in [1.165, 1.54) is 0 Å². The number of H-pyrrole nitrogens is 1. The standard InChI is InChI=1S/C22H27N3O4/c1-12-10-25(17-16(26)11-29-18(12)17)21(28)19(22(2,3)4)24-20(27)14-6-5-13-7-8-23-15(13)9-14/h5-9,12,17-19,23H,10-11H2,1-4H3,(H,24,27)/t12-,17+,18+,19+/m0/s1. The number of nitrogens with one attached hydrogen (secondary N) is 2. The van der Waals surface area contributed by atoms with Gasteiger partial charge in [0.15, 0.2) is 5.78 Å². The van der Waals surface area contributed by atoms with Crippen LogP contribution in [0.25, 0.3) is 10.9 Å². The Balaban J connectivity index is 1.58. The van der Waals surface area contributed by atoms with Crippen molar-refractivity contribution in [2.45, 2.75) is 45.9 Å². The van der Waals surface area contributed by atoms with Gasteiger partial charge in [0.05, 0.1) is 6.10 Å². The molecule has 2 fully saturated rings. The van der Waals surface area contributed by atoms with Gasteiger partial charge in [-0.15, -0.1) is 0 Å². The number of likely N-dealkylation sites (tertiary alicyclic amines) is 1. The third-order valence-corrected chi connectivity index (χ3v) is 5.93. The number of Topliss-reactive ketones (excluding diaryl/α,β-unsaturated/α-hetero) is 1. The zero-order valence-corrected chi connectivity index (χ0v) is 17.2. The van der Waals surface area contributed by atoms with E-state index in [1.807, 2.05) is 46.0 Å². The van der Waals surface area contributed by atoms with Gasteiger partial charge in [-0.05, 0) is 29.0 Å². The molecule has 0 aliphatic carbocycles. The van der Waals surface area contributed by atoms with Crippen molar-refractivity contribution >= 4 is 28.5 Å². The van der Waals surface area contributed by atoms with Crippen molar-refractivity contribution in [1.82, 2.24) is 15.2 Å². The van der Waals surface area contributed by atoms with Crippen LogP contribution in [0.1, 0.15) is 38.1 Å². The maximum absolute atomic E-state index is 13.5. The zero-order chi connectivity index (χ0) is 20.9. The molecule has 7 nitrogen and oxygen atoms in total. The lowest BCUT2D eigenvalue weighted by atomic mass is 9.85. The van der Waals surface area contributed by atoms with Crippen LogP contribution in [0.5, 0.6) is 0 Å². The Kier molecular flexibility index (Phi) is 4.73. The van der Waals surface area contributed by atoms with Crippen molar-refractivity contribution in [3.05, 3.63) is 36.0 Å². The number of nitrogens with zero attached hydrogens (tertiary/aromatic N) is 1. The normalized spacial score (nSPS) is 25.3. The van der Waals surface area contributed by atoms with E-state index < -0.39 is 17.5 Å². The molecular formula is C22H27N3O4. The molecule has 2 aliphatic rings. The summed E-state index contributed by atoms with van der Waals surface area (Å²) in [7, 11) is 0. The lowest BCUT2D eigenvalue weighted by Gasteiger charge is -2.35. The second-order valence-electron chi connectivity index (χ2n) is 9.21. The lowest BCUT2D eigenvalue weighted by Crippen LogP contribution is -2.57. The summed E-state index contributed by atoms with van der Waals surface area (Å²) in [6, 6.07) is 6.03. The fraction of sp³-hybridized carbons (Fsp3) is 0.500. The first-order valence-corrected chi connectivity index (χ1v) is 9.99. The molecule has 0 bridgehead atoms. The van der Waals surface area contributed by atoms with Gasteiger partial charge in [0, 0.05) is 29.7 Å². The minimum absolute atomic E-state index is 0.0478. The van der Waals surface area contributed by atoms with Crippen LogP contribution in [0.4, 0.5) is 0 Å². The first-order valence-electron chi connectivity index (χ1n) is 9.99. The van der Waals surface area contributed by atoms with E-state index in [-0.39, 0.29) is 36.2 Å². The first-order chi connectivity index (χ1) is 13.7. The molecule has 2 N–H and O–H groups in total. The minimum atomic E-state index is -0.756. The summed E-state index contributed by atoms with van der Waals surface area (Å²) >= 11 is 0. The van der Waals surface area contributed by atoms with Gasteiger partial charge in [-0.25, -0.2) is 0 Å². The molecule has 4 atom stereocenters. The molecule has 0 saturated carbocycles. The summed E-state index contributed by atoms with van der Waals surface area (Å²) in [4.78, 5) is 43.4. The summed E-state index contributed by atoms with van der Waals surface area (Å²) < 4.78 is 5.60. The molecule has 154 valence electrons. The summed E-state index contributed by atoms with van der Waals surface area (Å²) in [5, 5.41) is 3.94. The monoisotopic (exact) mass is 397 g/mol. The molecule has 29 heavy (non-hydrogen) atoms. The molecular weight excluding hydrogens is 370 g/mol. The van der Waals surface area contributed by atoms with Gasteiger partial charge in [0.2, 0.25) is 5.91 Å². The van der Waals surface area contributed by atoms with Crippen molar-refractivity contribution < 1.29 is 19.1 Å². The molecule has 1 aromatic heterocycles. The summed E-state index contributed by atoms with van der Waals surface area (Å²) in [5.41, 5.74) is 0.823. The Morgan fingerprint density at radius 3 is 2.76 bits per heavy atom. The van der Waals surface area contributed by atoms with Gasteiger partial charge >= 0.3 is 0 Å². The number of fused-ring (bicyclic) bond motifs is 2. The van der Waals surface area contributed by atoms with Crippen molar-refractivity contribution in [2.75, 3.05) is 13.2 Å². The van der Waals surface area contributed by atoms with E-state index in [0.29, 0.717) is 12.1 Å². The molecule has 7 heteroatoms. The number of ether oxygens (including phenoxy) is 1. The molecule has 0 unspecified atom stereocenters. The molecule has 0 radical (unpaired) electrons. The Hall–Kier alpha value is -2.67. The van der Waals surface area contributed by atoms with Crippen molar-refractivity contribution in [2.24, 2.45) is 11.3 Å².